The van der Waals surface area contributed by atoms with Gasteiger partial charge in [0.2, 0.25) is 5.89 Å². The average Bonchev–Trinajstić information content (AvgIpc) is 3.56. The lowest BCUT2D eigenvalue weighted by Crippen LogP contribution is -2.33. The SMILES string of the molecule is CC[C@@H](C)[C@@H](NC(=O)c1nc(-c2ccc(OC)c3nc(C(F)(F)F)ccc23)oc1[C@H](C)N)c1ccco1. The molecule has 8 nitrogen and oxygen atoms in total. The Morgan fingerprint density at radius 2 is 1.92 bits per heavy atom. The van der Waals surface area contributed by atoms with Crippen LogP contribution in [0.25, 0.3) is 22.4 Å². The van der Waals surface area contributed by atoms with Gasteiger partial charge in [0.15, 0.2) is 11.5 Å². The highest BCUT2D eigenvalue weighted by Crippen LogP contribution is 2.37. The second-order valence-corrected chi connectivity index (χ2v) is 8.78. The summed E-state index contributed by atoms with van der Waals surface area (Å²) in [5.41, 5.74) is 5.33. The van der Waals surface area contributed by atoms with Crippen molar-refractivity contribution in [3.63, 3.8) is 0 Å². The third-order valence-corrected chi connectivity index (χ3v) is 6.19. The number of amides is 1. The highest BCUT2D eigenvalue weighted by atomic mass is 19.4. The third kappa shape index (κ3) is 5.17. The number of nitrogens with two attached hydrogens (primary N) is 1. The summed E-state index contributed by atoms with van der Waals surface area (Å²) in [7, 11) is 1.34. The van der Waals surface area contributed by atoms with Crippen molar-refractivity contribution in [3.8, 4) is 17.2 Å². The maximum Gasteiger partial charge on any atom is 0.433 e. The fraction of sp³-hybridized carbons (Fsp3) is 0.346. The highest BCUT2D eigenvalue weighted by molar-refractivity contribution is 5.98. The molecule has 0 aliphatic carbocycles. The van der Waals surface area contributed by atoms with Crippen molar-refractivity contribution >= 4 is 16.8 Å². The van der Waals surface area contributed by atoms with Gasteiger partial charge in [0.25, 0.3) is 5.91 Å². The lowest BCUT2D eigenvalue weighted by Gasteiger charge is -2.22. The zero-order valence-corrected chi connectivity index (χ0v) is 20.7. The number of oxazole rings is 1. The first kappa shape index (κ1) is 26.2. The van der Waals surface area contributed by atoms with Gasteiger partial charge in [0.05, 0.1) is 25.5 Å². The van der Waals surface area contributed by atoms with Crippen molar-refractivity contribution in [2.75, 3.05) is 7.11 Å². The van der Waals surface area contributed by atoms with E-state index in [1.165, 1.54) is 25.5 Å². The average molecular weight is 517 g/mol. The molecule has 0 aliphatic rings. The zero-order chi connectivity index (χ0) is 26.9. The van der Waals surface area contributed by atoms with Gasteiger partial charge in [-0.05, 0) is 49.2 Å². The van der Waals surface area contributed by atoms with E-state index in [2.05, 4.69) is 15.3 Å². The number of rotatable bonds is 8. The minimum absolute atomic E-state index is 0.0176. The van der Waals surface area contributed by atoms with Crippen LogP contribution in [0, 0.1) is 5.92 Å². The van der Waals surface area contributed by atoms with Gasteiger partial charge in [-0.3, -0.25) is 4.79 Å². The van der Waals surface area contributed by atoms with Crippen molar-refractivity contribution in [1.82, 2.24) is 15.3 Å². The summed E-state index contributed by atoms with van der Waals surface area (Å²) in [5, 5.41) is 3.27. The van der Waals surface area contributed by atoms with Crippen LogP contribution in [-0.2, 0) is 6.18 Å². The topological polar surface area (TPSA) is 116 Å². The molecule has 0 saturated carbocycles. The summed E-state index contributed by atoms with van der Waals surface area (Å²) in [6.45, 7) is 5.63. The Kier molecular flexibility index (Phi) is 7.26. The summed E-state index contributed by atoms with van der Waals surface area (Å²) in [4.78, 5) is 21.6. The molecule has 3 heterocycles. The largest absolute Gasteiger partial charge is 0.494 e. The number of pyridine rings is 1. The number of hydrogen-bond donors (Lipinski definition) is 2. The van der Waals surface area contributed by atoms with Gasteiger partial charge in [-0.2, -0.15) is 13.2 Å². The van der Waals surface area contributed by atoms with Crippen LogP contribution in [0.2, 0.25) is 0 Å². The van der Waals surface area contributed by atoms with E-state index < -0.39 is 29.9 Å². The van der Waals surface area contributed by atoms with Crippen LogP contribution < -0.4 is 15.8 Å². The Morgan fingerprint density at radius 1 is 1.16 bits per heavy atom. The Bertz CT molecular complexity index is 1400. The molecule has 3 atom stereocenters. The van der Waals surface area contributed by atoms with Crippen LogP contribution in [0.5, 0.6) is 5.75 Å². The number of methoxy groups -OCH3 is 1. The predicted octanol–water partition coefficient (Wildman–Crippen LogP) is 6.05. The number of aromatic nitrogens is 2. The van der Waals surface area contributed by atoms with E-state index in [4.69, 9.17) is 19.3 Å². The van der Waals surface area contributed by atoms with Crippen molar-refractivity contribution in [1.29, 1.82) is 0 Å². The normalized spacial score (nSPS) is 14.4. The van der Waals surface area contributed by atoms with Crippen molar-refractivity contribution in [3.05, 3.63) is 65.6 Å². The molecule has 1 aromatic carbocycles. The summed E-state index contributed by atoms with van der Waals surface area (Å²) in [5.74, 6) is 0.445. The molecule has 1 amide bonds. The van der Waals surface area contributed by atoms with Gasteiger partial charge in [0, 0.05) is 10.9 Å². The van der Waals surface area contributed by atoms with Crippen LogP contribution in [0.4, 0.5) is 13.2 Å². The first-order valence-corrected chi connectivity index (χ1v) is 11.7. The van der Waals surface area contributed by atoms with E-state index in [0.717, 1.165) is 12.5 Å². The van der Waals surface area contributed by atoms with E-state index in [9.17, 15) is 18.0 Å². The number of ether oxygens (including phenoxy) is 1. The zero-order valence-electron chi connectivity index (χ0n) is 20.7. The van der Waals surface area contributed by atoms with Crippen LogP contribution >= 0.6 is 0 Å². The number of nitrogens with one attached hydrogen (secondary N) is 1. The summed E-state index contributed by atoms with van der Waals surface area (Å²) in [6.07, 6.45) is -2.32. The molecule has 0 fully saturated rings. The lowest BCUT2D eigenvalue weighted by atomic mass is 9.96. The Morgan fingerprint density at radius 3 is 2.51 bits per heavy atom. The molecule has 0 spiro atoms. The molecule has 4 rings (SSSR count). The van der Waals surface area contributed by atoms with Crippen molar-refractivity contribution in [2.45, 2.75) is 45.5 Å². The maximum absolute atomic E-state index is 13.4. The molecule has 37 heavy (non-hydrogen) atoms. The number of alkyl halides is 3. The molecular formula is C26H27F3N4O4. The van der Waals surface area contributed by atoms with Crippen LogP contribution in [0.3, 0.4) is 0 Å². The third-order valence-electron chi connectivity index (χ3n) is 6.19. The number of carbonyl (C=O) groups is 1. The number of halogens is 3. The molecule has 3 aromatic heterocycles. The summed E-state index contributed by atoms with van der Waals surface area (Å²) >= 11 is 0. The molecule has 0 aliphatic heterocycles. The highest BCUT2D eigenvalue weighted by Gasteiger charge is 2.33. The standard InChI is InChI=1S/C26H27F3N4O4/c1-5-13(2)20(18-7-6-12-36-18)32-24(34)22-23(14(3)30)37-25(33-22)16-8-10-17(35-4)21-15(16)9-11-19(31-21)26(27,28)29/h6-14,20H,5,30H2,1-4H3,(H,32,34)/t13-,14+,20-/m1/s1. The molecule has 0 unspecified atom stereocenters. The molecular weight excluding hydrogens is 489 g/mol. The smallest absolute Gasteiger partial charge is 0.433 e. The second kappa shape index (κ2) is 10.3. The second-order valence-electron chi connectivity index (χ2n) is 8.78. The van der Waals surface area contributed by atoms with E-state index in [1.807, 2.05) is 13.8 Å². The molecule has 0 bridgehead atoms. The van der Waals surface area contributed by atoms with E-state index in [1.54, 1.807) is 25.1 Å². The molecule has 0 radical (unpaired) electrons. The molecule has 3 N–H and O–H groups in total. The fourth-order valence-corrected chi connectivity index (χ4v) is 4.03. The monoisotopic (exact) mass is 516 g/mol. The number of hydrogen-bond acceptors (Lipinski definition) is 7. The Labute approximate surface area is 211 Å². The minimum atomic E-state index is -4.63. The number of fused-ring (bicyclic) bond motifs is 1. The van der Waals surface area contributed by atoms with E-state index in [0.29, 0.717) is 16.7 Å². The molecule has 0 saturated heterocycles. The van der Waals surface area contributed by atoms with Gasteiger partial charge >= 0.3 is 6.18 Å². The number of furan rings is 1. The van der Waals surface area contributed by atoms with Gasteiger partial charge in [-0.25, -0.2) is 9.97 Å². The van der Waals surface area contributed by atoms with Crippen molar-refractivity contribution in [2.24, 2.45) is 11.7 Å². The number of carbonyl (C=O) groups excluding carboxylic acids is 1. The van der Waals surface area contributed by atoms with Gasteiger partial charge < -0.3 is 24.6 Å². The first-order valence-electron chi connectivity index (χ1n) is 11.7. The maximum atomic E-state index is 13.4. The Hall–Kier alpha value is -3.86. The predicted molar refractivity (Wildman–Crippen MR) is 130 cm³/mol. The summed E-state index contributed by atoms with van der Waals surface area (Å²) < 4.78 is 56.6. The lowest BCUT2D eigenvalue weighted by molar-refractivity contribution is -0.140. The van der Waals surface area contributed by atoms with E-state index >= 15 is 0 Å². The van der Waals surface area contributed by atoms with Gasteiger partial charge in [0.1, 0.15) is 22.7 Å². The molecule has 196 valence electrons. The Balaban J connectivity index is 1.79. The minimum Gasteiger partial charge on any atom is -0.494 e. The van der Waals surface area contributed by atoms with Crippen LogP contribution in [-0.4, -0.2) is 23.0 Å². The molecule has 4 aromatic rings. The van der Waals surface area contributed by atoms with Gasteiger partial charge in [-0.15, -0.1) is 0 Å². The van der Waals surface area contributed by atoms with Gasteiger partial charge in [-0.1, -0.05) is 20.3 Å². The fourth-order valence-electron chi connectivity index (χ4n) is 4.03. The molecule has 11 heteroatoms. The number of benzene rings is 1. The quantitative estimate of drug-likeness (QED) is 0.293. The summed E-state index contributed by atoms with van der Waals surface area (Å²) in [6, 6.07) is 7.61. The van der Waals surface area contributed by atoms with Crippen LogP contribution in [0.15, 0.2) is 51.5 Å². The van der Waals surface area contributed by atoms with Crippen molar-refractivity contribution < 1.29 is 31.5 Å². The van der Waals surface area contributed by atoms with E-state index in [-0.39, 0.29) is 34.5 Å². The number of nitrogens with zero attached hydrogens (tertiary/aromatic N) is 2. The van der Waals surface area contributed by atoms with Crippen LogP contribution in [0.1, 0.15) is 67.0 Å². The first-order chi connectivity index (χ1) is 17.5.